The maximum atomic E-state index is 12.8. The summed E-state index contributed by atoms with van der Waals surface area (Å²) in [4.78, 5) is 10.5. The fourth-order valence-corrected chi connectivity index (χ4v) is 1.23. The number of amides is 1. The smallest absolute Gasteiger partial charge is 0.288 e. The summed E-state index contributed by atoms with van der Waals surface area (Å²) in [7, 11) is 0. The lowest BCUT2D eigenvalue weighted by Gasteiger charge is -1.98. The molecule has 1 rings (SSSR count). The first-order valence-corrected chi connectivity index (χ1v) is 3.57. The van der Waals surface area contributed by atoms with Crippen molar-refractivity contribution in [3.05, 3.63) is 11.4 Å². The molecular weight excluding hydrogens is 149 g/mol. The molecule has 1 aliphatic rings. The molecule has 0 bridgehead atoms. The molecule has 0 heterocycles. The first-order valence-electron chi connectivity index (χ1n) is 3.57. The predicted octanol–water partition coefficient (Wildman–Crippen LogP) is 1.29. The zero-order valence-corrected chi connectivity index (χ0v) is 6.06. The summed E-state index contributed by atoms with van der Waals surface area (Å²) in [6.07, 6.45) is 3.14. The van der Waals surface area contributed by atoms with Crippen LogP contribution in [0.5, 0.6) is 0 Å². The average Bonchev–Trinajstić information content (AvgIpc) is 2.53. The summed E-state index contributed by atoms with van der Waals surface area (Å²) in [6, 6.07) is 0. The third-order valence-electron chi connectivity index (χ3n) is 1.82. The van der Waals surface area contributed by atoms with E-state index in [1.54, 1.807) is 0 Å². The third kappa shape index (κ3) is 1.77. The highest BCUT2D eigenvalue weighted by Gasteiger charge is 2.17. The van der Waals surface area contributed by atoms with Gasteiger partial charge in [-0.1, -0.05) is 0 Å². The number of carbonyl (C=O) groups excluding carboxylic acids is 1. The van der Waals surface area contributed by atoms with E-state index in [9.17, 15) is 9.18 Å². The summed E-state index contributed by atoms with van der Waals surface area (Å²) in [5.41, 5.74) is 1.79. The summed E-state index contributed by atoms with van der Waals surface area (Å²) in [6.45, 7) is 0. The molecule has 62 valence electrons. The Labute approximate surface area is 63.9 Å². The van der Waals surface area contributed by atoms with Crippen LogP contribution in [0.2, 0.25) is 0 Å². The van der Waals surface area contributed by atoms with E-state index >= 15 is 0 Å². The number of rotatable bonds is 1. The van der Waals surface area contributed by atoms with Crippen LogP contribution in [0.3, 0.4) is 0 Å². The van der Waals surface area contributed by atoms with Gasteiger partial charge in [-0.3, -0.25) is 10.0 Å². The molecule has 0 atom stereocenters. The number of carbonyl (C=O) groups is 1. The molecule has 0 saturated heterocycles. The van der Waals surface area contributed by atoms with Crippen molar-refractivity contribution in [2.45, 2.75) is 25.7 Å². The van der Waals surface area contributed by atoms with Crippen LogP contribution in [0.1, 0.15) is 25.7 Å². The summed E-state index contributed by atoms with van der Waals surface area (Å²) in [5.74, 6) is -1.84. The molecule has 0 radical (unpaired) electrons. The molecule has 4 heteroatoms. The van der Waals surface area contributed by atoms with Gasteiger partial charge >= 0.3 is 5.91 Å². The van der Waals surface area contributed by atoms with Gasteiger partial charge in [-0.2, -0.15) is 0 Å². The molecule has 1 amide bonds. The molecule has 1 saturated carbocycles. The largest absolute Gasteiger partial charge is 0.303 e. The zero-order valence-electron chi connectivity index (χ0n) is 6.06. The van der Waals surface area contributed by atoms with E-state index in [2.05, 4.69) is 0 Å². The number of hydroxylamine groups is 1. The molecular formula is C7H10FNO2. The van der Waals surface area contributed by atoms with Crippen molar-refractivity contribution >= 4 is 5.91 Å². The first-order chi connectivity index (χ1) is 5.25. The van der Waals surface area contributed by atoms with Gasteiger partial charge in [0.1, 0.15) is 0 Å². The van der Waals surface area contributed by atoms with Crippen LogP contribution in [-0.4, -0.2) is 11.1 Å². The monoisotopic (exact) mass is 159 g/mol. The minimum absolute atomic E-state index is 0.525. The normalized spacial score (nSPS) is 16.7. The van der Waals surface area contributed by atoms with Crippen LogP contribution in [0, 0.1) is 0 Å². The van der Waals surface area contributed by atoms with Gasteiger partial charge in [-0.25, -0.2) is 9.87 Å². The van der Waals surface area contributed by atoms with Gasteiger partial charge in [0.2, 0.25) is 0 Å². The van der Waals surface area contributed by atoms with Crippen molar-refractivity contribution in [2.24, 2.45) is 0 Å². The molecule has 0 spiro atoms. The maximum absolute atomic E-state index is 12.8. The molecule has 3 nitrogen and oxygen atoms in total. The molecule has 0 aromatic heterocycles. The molecule has 1 fully saturated rings. The molecule has 0 aromatic rings. The number of nitrogens with one attached hydrogen (secondary N) is 1. The number of allylic oxidation sites excluding steroid dienone is 1. The highest BCUT2D eigenvalue weighted by atomic mass is 19.1. The number of halogens is 1. The fraction of sp³-hybridized carbons (Fsp3) is 0.571. The standard InChI is InChI=1S/C7H10FNO2/c8-6(7(10)9-11)5-3-1-2-4-5/h11H,1-4H2,(H,9,10). The van der Waals surface area contributed by atoms with Gasteiger partial charge in [0, 0.05) is 0 Å². The SMILES string of the molecule is O=C(NO)C(F)=C1CCCC1. The Hall–Kier alpha value is -0.900. The van der Waals surface area contributed by atoms with Gasteiger partial charge < -0.3 is 0 Å². The second-order valence-corrected chi connectivity index (χ2v) is 2.57. The van der Waals surface area contributed by atoms with E-state index in [-0.39, 0.29) is 0 Å². The van der Waals surface area contributed by atoms with E-state index in [4.69, 9.17) is 5.21 Å². The summed E-state index contributed by atoms with van der Waals surface area (Å²) in [5, 5.41) is 8.09. The lowest BCUT2D eigenvalue weighted by molar-refractivity contribution is -0.126. The van der Waals surface area contributed by atoms with Crippen LogP contribution >= 0.6 is 0 Å². The van der Waals surface area contributed by atoms with Crippen molar-refractivity contribution in [1.29, 1.82) is 0 Å². The fourth-order valence-electron chi connectivity index (χ4n) is 1.23. The minimum Gasteiger partial charge on any atom is -0.288 e. The molecule has 11 heavy (non-hydrogen) atoms. The Morgan fingerprint density at radius 3 is 2.45 bits per heavy atom. The van der Waals surface area contributed by atoms with E-state index < -0.39 is 11.7 Å². The zero-order chi connectivity index (χ0) is 8.27. The van der Waals surface area contributed by atoms with Gasteiger partial charge in [-0.05, 0) is 31.3 Å². The van der Waals surface area contributed by atoms with Gasteiger partial charge in [-0.15, -0.1) is 0 Å². The van der Waals surface area contributed by atoms with E-state index in [1.807, 2.05) is 0 Å². The Balaban J connectivity index is 2.69. The molecule has 1 aliphatic carbocycles. The topological polar surface area (TPSA) is 49.3 Å². The van der Waals surface area contributed by atoms with Gasteiger partial charge in [0.25, 0.3) is 0 Å². The van der Waals surface area contributed by atoms with E-state index in [0.717, 1.165) is 12.8 Å². The quantitative estimate of drug-likeness (QED) is 0.344. The van der Waals surface area contributed by atoms with Crippen molar-refractivity contribution < 1.29 is 14.4 Å². The molecule has 0 aromatic carbocycles. The lowest BCUT2D eigenvalue weighted by atomic mass is 10.2. The van der Waals surface area contributed by atoms with Crippen LogP contribution in [0.25, 0.3) is 0 Å². The molecule has 0 unspecified atom stereocenters. The minimum atomic E-state index is -1.03. The second kappa shape index (κ2) is 3.48. The van der Waals surface area contributed by atoms with Crippen molar-refractivity contribution in [2.75, 3.05) is 0 Å². The van der Waals surface area contributed by atoms with E-state index in [0.29, 0.717) is 18.4 Å². The Morgan fingerprint density at radius 2 is 2.00 bits per heavy atom. The van der Waals surface area contributed by atoms with Gasteiger partial charge in [0.15, 0.2) is 5.83 Å². The maximum Gasteiger partial charge on any atom is 0.303 e. The highest BCUT2D eigenvalue weighted by Crippen LogP contribution is 2.27. The Kier molecular flexibility index (Phi) is 2.59. The van der Waals surface area contributed by atoms with Crippen molar-refractivity contribution in [3.63, 3.8) is 0 Å². The van der Waals surface area contributed by atoms with Crippen LogP contribution in [-0.2, 0) is 4.79 Å². The van der Waals surface area contributed by atoms with Gasteiger partial charge in [0.05, 0.1) is 0 Å². The lowest BCUT2D eigenvalue weighted by Crippen LogP contribution is -2.19. The van der Waals surface area contributed by atoms with Crippen LogP contribution in [0.4, 0.5) is 4.39 Å². The second-order valence-electron chi connectivity index (χ2n) is 2.57. The van der Waals surface area contributed by atoms with E-state index in [1.165, 1.54) is 5.48 Å². The first kappa shape index (κ1) is 8.20. The highest BCUT2D eigenvalue weighted by molar-refractivity contribution is 5.91. The predicted molar refractivity (Wildman–Crippen MR) is 36.5 cm³/mol. The van der Waals surface area contributed by atoms with Crippen molar-refractivity contribution in [1.82, 2.24) is 5.48 Å². The van der Waals surface area contributed by atoms with Crippen molar-refractivity contribution in [3.8, 4) is 0 Å². The van der Waals surface area contributed by atoms with Crippen LogP contribution in [0.15, 0.2) is 11.4 Å². The molecule has 0 aliphatic heterocycles. The Morgan fingerprint density at radius 1 is 1.45 bits per heavy atom. The summed E-state index contributed by atoms with van der Waals surface area (Å²) >= 11 is 0. The number of hydrogen-bond acceptors (Lipinski definition) is 2. The molecule has 2 N–H and O–H groups in total. The van der Waals surface area contributed by atoms with Crippen LogP contribution < -0.4 is 5.48 Å². The average molecular weight is 159 g/mol. The third-order valence-corrected chi connectivity index (χ3v) is 1.82. The summed E-state index contributed by atoms with van der Waals surface area (Å²) < 4.78 is 12.8. The Bertz CT molecular complexity index is 193. The number of hydrogen-bond donors (Lipinski definition) is 2.